The van der Waals surface area contributed by atoms with Crippen LogP contribution in [-0.2, 0) is 4.74 Å². The van der Waals surface area contributed by atoms with Gasteiger partial charge in [0.05, 0.1) is 6.10 Å². The maximum Gasteiger partial charge on any atom is 0.573 e. The van der Waals surface area contributed by atoms with Crippen LogP contribution in [0.15, 0.2) is 36.4 Å². The van der Waals surface area contributed by atoms with E-state index in [1.54, 1.807) is 12.1 Å². The molecule has 174 valence electrons. The monoisotopic (exact) mass is 454 g/mol. The Bertz CT molecular complexity index is 902. The second kappa shape index (κ2) is 9.38. The van der Waals surface area contributed by atoms with E-state index in [4.69, 9.17) is 4.74 Å². The highest BCUT2D eigenvalue weighted by atomic mass is 19.4. The number of ether oxygens (including phenoxy) is 2. The predicted molar refractivity (Wildman–Crippen MR) is 111 cm³/mol. The molecule has 0 aliphatic heterocycles. The topological polar surface area (TPSA) is 18.5 Å². The third kappa shape index (κ3) is 5.25. The van der Waals surface area contributed by atoms with Crippen LogP contribution in [0.4, 0.5) is 22.0 Å². The van der Waals surface area contributed by atoms with E-state index in [0.29, 0.717) is 23.5 Å². The van der Waals surface area contributed by atoms with Crippen LogP contribution in [0.2, 0.25) is 0 Å². The van der Waals surface area contributed by atoms with Gasteiger partial charge in [-0.05, 0) is 92.0 Å². The second-order valence-electron chi connectivity index (χ2n) is 8.86. The quantitative estimate of drug-likeness (QED) is 0.433. The summed E-state index contributed by atoms with van der Waals surface area (Å²) in [6.45, 7) is 2.81. The number of benzene rings is 2. The van der Waals surface area contributed by atoms with Gasteiger partial charge in [0.2, 0.25) is 5.75 Å². The number of hydrogen-bond donors (Lipinski definition) is 0. The molecule has 0 N–H and O–H groups in total. The van der Waals surface area contributed by atoms with E-state index < -0.39 is 23.7 Å². The average Bonchev–Trinajstić information content (AvgIpc) is 2.75. The van der Waals surface area contributed by atoms with Crippen LogP contribution in [0.1, 0.15) is 56.9 Å². The van der Waals surface area contributed by atoms with E-state index in [-0.39, 0.29) is 5.56 Å². The second-order valence-corrected chi connectivity index (χ2v) is 8.86. The lowest BCUT2D eigenvalue weighted by Gasteiger charge is -2.42. The van der Waals surface area contributed by atoms with Gasteiger partial charge in [-0.1, -0.05) is 24.3 Å². The molecule has 2 saturated carbocycles. The molecule has 0 radical (unpaired) electrons. The Kier molecular flexibility index (Phi) is 6.75. The van der Waals surface area contributed by atoms with E-state index in [9.17, 15) is 22.0 Å². The number of hydrogen-bond acceptors (Lipinski definition) is 2. The summed E-state index contributed by atoms with van der Waals surface area (Å²) < 4.78 is 74.4. The number of halogens is 5. The molecule has 2 fully saturated rings. The Morgan fingerprint density at radius 2 is 1.47 bits per heavy atom. The Hall–Kier alpha value is -2.15. The molecule has 2 aliphatic rings. The van der Waals surface area contributed by atoms with Crippen LogP contribution in [0.3, 0.4) is 0 Å². The zero-order valence-corrected chi connectivity index (χ0v) is 17.9. The Morgan fingerprint density at radius 1 is 0.844 bits per heavy atom. The molecule has 2 aromatic carbocycles. The molecule has 0 bridgehead atoms. The lowest BCUT2D eigenvalue weighted by Crippen LogP contribution is -2.33. The smallest absolute Gasteiger partial charge is 0.399 e. The first-order chi connectivity index (χ1) is 15.2. The molecule has 0 amide bonds. The molecule has 0 heterocycles. The van der Waals surface area contributed by atoms with Crippen LogP contribution in [0.25, 0.3) is 11.1 Å². The molecule has 0 saturated heterocycles. The van der Waals surface area contributed by atoms with Crippen LogP contribution < -0.4 is 4.74 Å². The van der Waals surface area contributed by atoms with Gasteiger partial charge < -0.3 is 9.47 Å². The fraction of sp³-hybridized carbons (Fsp3) is 0.520. The molecular formula is C25H27F5O2. The fourth-order valence-corrected chi connectivity index (χ4v) is 5.42. The maximum absolute atomic E-state index is 14.1. The largest absolute Gasteiger partial charge is 0.573 e. The molecule has 2 nitrogen and oxygen atoms in total. The molecule has 0 aromatic heterocycles. The summed E-state index contributed by atoms with van der Waals surface area (Å²) in [5.41, 5.74) is 1.90. The summed E-state index contributed by atoms with van der Waals surface area (Å²) in [7, 11) is 0. The minimum Gasteiger partial charge on any atom is -0.399 e. The zero-order valence-electron chi connectivity index (χ0n) is 17.9. The van der Waals surface area contributed by atoms with E-state index in [2.05, 4.69) is 4.74 Å². The van der Waals surface area contributed by atoms with Crippen LogP contribution >= 0.6 is 0 Å². The summed E-state index contributed by atoms with van der Waals surface area (Å²) in [6, 6.07) is 9.18. The fourth-order valence-electron chi connectivity index (χ4n) is 5.42. The third-order valence-electron chi connectivity index (χ3n) is 6.90. The van der Waals surface area contributed by atoms with E-state index in [0.717, 1.165) is 50.3 Å². The minimum absolute atomic E-state index is 0.166. The van der Waals surface area contributed by atoms with Gasteiger partial charge in [-0.25, -0.2) is 8.78 Å². The van der Waals surface area contributed by atoms with Crippen molar-refractivity contribution in [2.75, 3.05) is 6.61 Å². The van der Waals surface area contributed by atoms with Gasteiger partial charge in [0.15, 0.2) is 11.6 Å². The minimum atomic E-state index is -5.16. The van der Waals surface area contributed by atoms with Gasteiger partial charge in [0.1, 0.15) is 0 Å². The van der Waals surface area contributed by atoms with Gasteiger partial charge in [0, 0.05) is 6.61 Å². The van der Waals surface area contributed by atoms with Gasteiger partial charge in [0.25, 0.3) is 0 Å². The first-order valence-electron chi connectivity index (χ1n) is 11.2. The highest BCUT2D eigenvalue weighted by molar-refractivity contribution is 5.65. The van der Waals surface area contributed by atoms with Crippen LogP contribution in [0, 0.1) is 23.5 Å². The molecule has 4 atom stereocenters. The third-order valence-corrected chi connectivity index (χ3v) is 6.90. The van der Waals surface area contributed by atoms with Crippen LogP contribution in [-0.4, -0.2) is 19.1 Å². The molecule has 4 rings (SSSR count). The maximum atomic E-state index is 14.1. The van der Waals surface area contributed by atoms with Crippen molar-refractivity contribution >= 4 is 0 Å². The molecule has 32 heavy (non-hydrogen) atoms. The standard InChI is InChI=1S/C25H27F5O2/c1-2-31-21-10-9-18-11-17(7-8-19(18)12-21)15-3-5-16(6-4-15)20-13-22(26)24(23(27)14-20)32-25(28,29)30/h3-6,13-14,17-19,21H,2,7-12H2,1H3. The lowest BCUT2D eigenvalue weighted by molar-refractivity contribution is -0.276. The summed E-state index contributed by atoms with van der Waals surface area (Å²) in [5, 5.41) is 0. The van der Waals surface area contributed by atoms with Gasteiger partial charge in [-0.3, -0.25) is 0 Å². The number of rotatable bonds is 5. The first-order valence-corrected chi connectivity index (χ1v) is 11.2. The molecule has 2 aliphatic carbocycles. The van der Waals surface area contributed by atoms with Crippen molar-refractivity contribution in [1.82, 2.24) is 0 Å². The summed E-state index contributed by atoms with van der Waals surface area (Å²) in [4.78, 5) is 0. The van der Waals surface area contributed by atoms with Crippen molar-refractivity contribution in [2.24, 2.45) is 11.8 Å². The zero-order chi connectivity index (χ0) is 22.9. The Morgan fingerprint density at radius 3 is 2.09 bits per heavy atom. The molecule has 7 heteroatoms. The van der Waals surface area contributed by atoms with Gasteiger partial charge in [-0.2, -0.15) is 0 Å². The van der Waals surface area contributed by atoms with Gasteiger partial charge >= 0.3 is 6.36 Å². The normalized spacial score (nSPS) is 25.9. The SMILES string of the molecule is CCOC1CCC2CC(c3ccc(-c4cc(F)c(OC(F)(F)F)c(F)c4)cc3)CCC2C1. The molecule has 2 aromatic rings. The molecule has 4 unspecified atom stereocenters. The van der Waals surface area contributed by atoms with E-state index in [1.807, 2.05) is 19.1 Å². The summed E-state index contributed by atoms with van der Waals surface area (Å²) in [5.74, 6) is -2.34. The highest BCUT2D eigenvalue weighted by Gasteiger charge is 2.36. The van der Waals surface area contributed by atoms with Gasteiger partial charge in [-0.15, -0.1) is 13.2 Å². The Labute approximate surface area is 184 Å². The van der Waals surface area contributed by atoms with Crippen molar-refractivity contribution in [2.45, 2.75) is 63.8 Å². The highest BCUT2D eigenvalue weighted by Crippen LogP contribution is 2.47. The van der Waals surface area contributed by atoms with Crippen molar-refractivity contribution in [3.63, 3.8) is 0 Å². The van der Waals surface area contributed by atoms with Crippen molar-refractivity contribution < 1.29 is 31.4 Å². The number of alkyl halides is 3. The molecule has 0 spiro atoms. The number of fused-ring (bicyclic) bond motifs is 1. The van der Waals surface area contributed by atoms with Crippen molar-refractivity contribution in [3.05, 3.63) is 53.6 Å². The van der Waals surface area contributed by atoms with Crippen molar-refractivity contribution in [1.29, 1.82) is 0 Å². The van der Waals surface area contributed by atoms with Crippen molar-refractivity contribution in [3.8, 4) is 16.9 Å². The van der Waals surface area contributed by atoms with E-state index in [1.165, 1.54) is 18.4 Å². The first kappa shape index (κ1) is 23.0. The summed E-state index contributed by atoms with van der Waals surface area (Å²) in [6.07, 6.45) is 2.10. The predicted octanol–water partition coefficient (Wildman–Crippen LogP) is 7.62. The average molecular weight is 454 g/mol. The lowest BCUT2D eigenvalue weighted by atomic mass is 9.65. The molecular weight excluding hydrogens is 427 g/mol. The summed E-state index contributed by atoms with van der Waals surface area (Å²) >= 11 is 0. The van der Waals surface area contributed by atoms with Crippen LogP contribution in [0.5, 0.6) is 5.75 Å². The Balaban J connectivity index is 1.44. The van der Waals surface area contributed by atoms with E-state index >= 15 is 0 Å².